The van der Waals surface area contributed by atoms with Crippen molar-refractivity contribution in [3.05, 3.63) is 60.2 Å². The third-order valence-corrected chi connectivity index (χ3v) is 3.63. The van der Waals surface area contributed by atoms with Crippen LogP contribution >= 0.6 is 12.2 Å². The lowest BCUT2D eigenvalue weighted by Crippen LogP contribution is -2.23. The first-order valence-corrected chi connectivity index (χ1v) is 8.14. The third-order valence-electron chi connectivity index (χ3n) is 3.43. The van der Waals surface area contributed by atoms with Crippen molar-refractivity contribution < 1.29 is 0 Å². The van der Waals surface area contributed by atoms with E-state index in [1.54, 1.807) is 6.21 Å². The molecule has 5 heteroatoms. The Hall–Kier alpha value is -2.40. The number of hydrogen-bond acceptors (Lipinski definition) is 3. The van der Waals surface area contributed by atoms with E-state index in [1.807, 2.05) is 42.5 Å². The van der Waals surface area contributed by atoms with Crippen LogP contribution in [0.1, 0.15) is 19.4 Å². The molecular weight excluding hydrogens is 304 g/mol. The Morgan fingerprint density at radius 3 is 2.30 bits per heavy atom. The average molecular weight is 326 g/mol. The molecule has 0 amide bonds. The molecule has 2 aromatic carbocycles. The van der Waals surface area contributed by atoms with Crippen molar-refractivity contribution in [1.82, 2.24) is 5.43 Å². The number of nitrogens with zero attached hydrogens (tertiary/aromatic N) is 2. The number of hydrogen-bond donors (Lipinski definition) is 2. The Kier molecular flexibility index (Phi) is 6.56. The van der Waals surface area contributed by atoms with Gasteiger partial charge in [0.25, 0.3) is 0 Å². The molecule has 120 valence electrons. The molecule has 0 aliphatic heterocycles. The first kappa shape index (κ1) is 17.0. The van der Waals surface area contributed by atoms with Gasteiger partial charge >= 0.3 is 0 Å². The van der Waals surface area contributed by atoms with E-state index in [-0.39, 0.29) is 0 Å². The summed E-state index contributed by atoms with van der Waals surface area (Å²) >= 11 is 5.20. The van der Waals surface area contributed by atoms with Crippen molar-refractivity contribution >= 4 is 34.9 Å². The molecule has 2 rings (SSSR count). The molecule has 2 aromatic rings. The summed E-state index contributed by atoms with van der Waals surface area (Å²) in [7, 11) is 0. The van der Waals surface area contributed by atoms with Gasteiger partial charge in [-0.05, 0) is 55.9 Å². The summed E-state index contributed by atoms with van der Waals surface area (Å²) in [5.74, 6) is 0. The smallest absolute Gasteiger partial charge is 0.191 e. The zero-order valence-electron chi connectivity index (χ0n) is 13.5. The molecule has 4 nitrogen and oxygen atoms in total. The number of hydrazone groups is 1. The molecule has 0 fully saturated rings. The highest BCUT2D eigenvalue weighted by Crippen LogP contribution is 2.13. The van der Waals surface area contributed by atoms with Crippen LogP contribution in [0.3, 0.4) is 0 Å². The third kappa shape index (κ3) is 5.38. The molecule has 0 saturated carbocycles. The minimum atomic E-state index is 0.465. The second-order valence-corrected chi connectivity index (χ2v) is 5.36. The number of thiocarbonyl (C=S) groups is 1. The predicted molar refractivity (Wildman–Crippen MR) is 103 cm³/mol. The van der Waals surface area contributed by atoms with Gasteiger partial charge < -0.3 is 10.2 Å². The topological polar surface area (TPSA) is 39.7 Å². The molecule has 0 bridgehead atoms. The van der Waals surface area contributed by atoms with Crippen LogP contribution in [0, 0.1) is 0 Å². The average Bonchev–Trinajstić information content (AvgIpc) is 2.58. The summed E-state index contributed by atoms with van der Waals surface area (Å²) in [4.78, 5) is 2.30. The van der Waals surface area contributed by atoms with Crippen LogP contribution in [-0.2, 0) is 0 Å². The van der Waals surface area contributed by atoms with Crippen LogP contribution in [0.4, 0.5) is 11.4 Å². The van der Waals surface area contributed by atoms with Crippen LogP contribution in [0.15, 0.2) is 59.7 Å². The monoisotopic (exact) mass is 326 g/mol. The van der Waals surface area contributed by atoms with Gasteiger partial charge in [0.05, 0.1) is 6.21 Å². The fourth-order valence-electron chi connectivity index (χ4n) is 2.21. The molecule has 0 aliphatic rings. The van der Waals surface area contributed by atoms with Crippen molar-refractivity contribution in [3.8, 4) is 0 Å². The van der Waals surface area contributed by atoms with Gasteiger partial charge in [0.15, 0.2) is 5.11 Å². The summed E-state index contributed by atoms with van der Waals surface area (Å²) in [6.45, 7) is 6.32. The van der Waals surface area contributed by atoms with E-state index >= 15 is 0 Å². The molecular formula is C18H22N4S. The maximum atomic E-state index is 5.20. The first-order chi connectivity index (χ1) is 11.2. The molecule has 0 radical (unpaired) electrons. The molecule has 0 aliphatic carbocycles. The van der Waals surface area contributed by atoms with Gasteiger partial charge in [-0.25, -0.2) is 0 Å². The van der Waals surface area contributed by atoms with E-state index in [0.29, 0.717) is 5.11 Å². The summed E-state index contributed by atoms with van der Waals surface area (Å²) in [6, 6.07) is 18.1. The van der Waals surface area contributed by atoms with E-state index in [1.165, 1.54) is 5.69 Å². The van der Waals surface area contributed by atoms with Crippen molar-refractivity contribution in [2.24, 2.45) is 5.10 Å². The van der Waals surface area contributed by atoms with Crippen LogP contribution in [0.2, 0.25) is 0 Å². The van der Waals surface area contributed by atoms with Gasteiger partial charge in [-0.15, -0.1) is 0 Å². The second-order valence-electron chi connectivity index (χ2n) is 4.95. The first-order valence-electron chi connectivity index (χ1n) is 7.73. The fraction of sp³-hybridized carbons (Fsp3) is 0.222. The molecule has 23 heavy (non-hydrogen) atoms. The van der Waals surface area contributed by atoms with E-state index in [2.05, 4.69) is 46.7 Å². The minimum Gasteiger partial charge on any atom is -0.372 e. The van der Waals surface area contributed by atoms with Crippen molar-refractivity contribution in [3.63, 3.8) is 0 Å². The molecule has 0 atom stereocenters. The highest BCUT2D eigenvalue weighted by Gasteiger charge is 2.00. The summed E-state index contributed by atoms with van der Waals surface area (Å²) < 4.78 is 0. The molecule has 0 unspecified atom stereocenters. The quantitative estimate of drug-likeness (QED) is 0.480. The molecule has 0 aromatic heterocycles. The maximum absolute atomic E-state index is 5.20. The Bertz CT molecular complexity index is 634. The van der Waals surface area contributed by atoms with Gasteiger partial charge in [-0.1, -0.05) is 30.3 Å². The number of anilines is 2. The van der Waals surface area contributed by atoms with E-state index in [9.17, 15) is 0 Å². The summed E-state index contributed by atoms with van der Waals surface area (Å²) in [5, 5.41) is 7.69. The van der Waals surface area contributed by atoms with Gasteiger partial charge in [0.2, 0.25) is 0 Å². The second kappa shape index (κ2) is 8.90. The van der Waals surface area contributed by atoms with E-state index < -0.39 is 0 Å². The molecule has 0 heterocycles. The normalized spacial score (nSPS) is 10.5. The predicted octanol–water partition coefficient (Wildman–Crippen LogP) is 3.85. The van der Waals surface area contributed by atoms with Crippen molar-refractivity contribution in [2.75, 3.05) is 23.3 Å². The van der Waals surface area contributed by atoms with Crippen LogP contribution < -0.4 is 15.6 Å². The maximum Gasteiger partial charge on any atom is 0.191 e. The number of para-hydroxylation sites is 1. The SMILES string of the molecule is CCN(CC)c1ccc(/C=N\NC(=S)Nc2ccccc2)cc1. The molecule has 0 saturated heterocycles. The zero-order valence-corrected chi connectivity index (χ0v) is 14.3. The largest absolute Gasteiger partial charge is 0.372 e. The van der Waals surface area contributed by atoms with Crippen LogP contribution in [0.25, 0.3) is 0 Å². The zero-order chi connectivity index (χ0) is 16.5. The van der Waals surface area contributed by atoms with Crippen LogP contribution in [0.5, 0.6) is 0 Å². The van der Waals surface area contributed by atoms with E-state index in [0.717, 1.165) is 24.3 Å². The lowest BCUT2D eigenvalue weighted by atomic mass is 10.2. The Morgan fingerprint density at radius 2 is 1.70 bits per heavy atom. The van der Waals surface area contributed by atoms with Crippen molar-refractivity contribution in [2.45, 2.75) is 13.8 Å². The Labute approximate surface area is 143 Å². The standard InChI is InChI=1S/C18H22N4S/c1-3-22(4-2)17-12-10-15(11-13-17)14-19-21-18(23)20-16-8-6-5-7-9-16/h5-14H,3-4H2,1-2H3,(H2,20,21,23)/b19-14-. The number of rotatable bonds is 6. The molecule has 2 N–H and O–H groups in total. The fourth-order valence-corrected chi connectivity index (χ4v) is 2.38. The summed E-state index contributed by atoms with van der Waals surface area (Å²) in [5.41, 5.74) is 6.00. The van der Waals surface area contributed by atoms with Gasteiger partial charge in [0.1, 0.15) is 0 Å². The van der Waals surface area contributed by atoms with E-state index in [4.69, 9.17) is 12.2 Å². The molecule has 0 spiro atoms. The highest BCUT2D eigenvalue weighted by atomic mass is 32.1. The Balaban J connectivity index is 1.86. The van der Waals surface area contributed by atoms with Gasteiger partial charge in [-0.3, -0.25) is 5.43 Å². The summed E-state index contributed by atoms with van der Waals surface area (Å²) in [6.07, 6.45) is 1.75. The van der Waals surface area contributed by atoms with Crippen LogP contribution in [-0.4, -0.2) is 24.4 Å². The number of nitrogens with one attached hydrogen (secondary N) is 2. The van der Waals surface area contributed by atoms with Gasteiger partial charge in [0, 0.05) is 24.5 Å². The Morgan fingerprint density at radius 1 is 1.04 bits per heavy atom. The highest BCUT2D eigenvalue weighted by molar-refractivity contribution is 7.80. The number of benzene rings is 2. The lowest BCUT2D eigenvalue weighted by Gasteiger charge is -2.20. The van der Waals surface area contributed by atoms with Crippen molar-refractivity contribution in [1.29, 1.82) is 0 Å². The van der Waals surface area contributed by atoms with Gasteiger partial charge in [-0.2, -0.15) is 5.10 Å². The minimum absolute atomic E-state index is 0.465. The lowest BCUT2D eigenvalue weighted by molar-refractivity contribution is 0.866.